The molecule has 0 radical (unpaired) electrons. The minimum atomic E-state index is -1.64. The number of hydrogen-bond donors (Lipinski definition) is 7. The van der Waals surface area contributed by atoms with Gasteiger partial charge in [-0.25, -0.2) is 0 Å². The van der Waals surface area contributed by atoms with Gasteiger partial charge in [-0.05, 0) is 6.92 Å². The molecule has 136 valence electrons. The predicted molar refractivity (Wildman–Crippen MR) is 72.1 cm³/mol. The standard InChI is InChI=1S/C13H24O10/c1-13(4-16)11(20)10(6(3-15)23-13)22-12-9(19)8(18)7(17)5(2-14)21-12/h5-12,14-20H,2-4H2,1H3/t5?,6-,7+,8-,9?,10?,11-,12+,13?/m1/s1. The Kier molecular flexibility index (Phi) is 5.95. The van der Waals surface area contributed by atoms with E-state index >= 15 is 0 Å². The summed E-state index contributed by atoms with van der Waals surface area (Å²) in [6.45, 7) is -0.239. The van der Waals surface area contributed by atoms with E-state index in [0.29, 0.717) is 0 Å². The van der Waals surface area contributed by atoms with Crippen LogP contribution in [0.5, 0.6) is 0 Å². The van der Waals surface area contributed by atoms with Crippen molar-refractivity contribution in [2.45, 2.75) is 61.5 Å². The lowest BCUT2D eigenvalue weighted by atomic mass is 9.96. The van der Waals surface area contributed by atoms with Crippen LogP contribution in [0.3, 0.4) is 0 Å². The van der Waals surface area contributed by atoms with Crippen molar-refractivity contribution in [1.82, 2.24) is 0 Å². The quantitative estimate of drug-likeness (QED) is 0.260. The maximum Gasteiger partial charge on any atom is 0.187 e. The van der Waals surface area contributed by atoms with Crippen molar-refractivity contribution in [1.29, 1.82) is 0 Å². The van der Waals surface area contributed by atoms with Crippen molar-refractivity contribution < 1.29 is 50.0 Å². The van der Waals surface area contributed by atoms with Gasteiger partial charge in [-0.15, -0.1) is 0 Å². The molecular weight excluding hydrogens is 316 g/mol. The summed E-state index contributed by atoms with van der Waals surface area (Å²) < 4.78 is 16.0. The van der Waals surface area contributed by atoms with Crippen LogP contribution in [-0.4, -0.2) is 110 Å². The Balaban J connectivity index is 2.13. The molecule has 0 saturated carbocycles. The van der Waals surface area contributed by atoms with Crippen LogP contribution in [0, 0.1) is 0 Å². The van der Waals surface area contributed by atoms with E-state index in [1.165, 1.54) is 6.92 Å². The van der Waals surface area contributed by atoms with Crippen LogP contribution in [0.2, 0.25) is 0 Å². The summed E-state index contributed by atoms with van der Waals surface area (Å²) in [4.78, 5) is 0. The number of ether oxygens (including phenoxy) is 3. The van der Waals surface area contributed by atoms with Gasteiger partial charge < -0.3 is 50.0 Å². The fourth-order valence-electron chi connectivity index (χ4n) is 2.80. The Labute approximate surface area is 132 Å². The molecule has 0 spiro atoms. The van der Waals surface area contributed by atoms with Gasteiger partial charge in [-0.2, -0.15) is 0 Å². The summed E-state index contributed by atoms with van der Waals surface area (Å²) >= 11 is 0. The Hall–Kier alpha value is -0.400. The minimum Gasteiger partial charge on any atom is -0.394 e. The van der Waals surface area contributed by atoms with Gasteiger partial charge in [0, 0.05) is 0 Å². The highest BCUT2D eigenvalue weighted by atomic mass is 16.7. The molecule has 0 aromatic heterocycles. The van der Waals surface area contributed by atoms with Crippen molar-refractivity contribution in [3.05, 3.63) is 0 Å². The fraction of sp³-hybridized carbons (Fsp3) is 1.00. The average Bonchev–Trinajstić information content (AvgIpc) is 2.80. The van der Waals surface area contributed by atoms with Crippen LogP contribution in [0.15, 0.2) is 0 Å². The Morgan fingerprint density at radius 1 is 0.913 bits per heavy atom. The van der Waals surface area contributed by atoms with Crippen LogP contribution in [0.1, 0.15) is 6.92 Å². The van der Waals surface area contributed by atoms with Crippen LogP contribution in [-0.2, 0) is 14.2 Å². The summed E-state index contributed by atoms with van der Waals surface area (Å²) in [6.07, 6.45) is -10.9. The number of rotatable bonds is 5. The number of aliphatic hydroxyl groups excluding tert-OH is 7. The topological polar surface area (TPSA) is 169 Å². The van der Waals surface area contributed by atoms with Crippen LogP contribution >= 0.6 is 0 Å². The molecule has 2 saturated heterocycles. The first-order chi connectivity index (χ1) is 10.8. The van der Waals surface area contributed by atoms with Gasteiger partial charge >= 0.3 is 0 Å². The Bertz CT molecular complexity index is 393. The molecule has 0 aliphatic carbocycles. The highest BCUT2D eigenvalue weighted by Gasteiger charge is 2.54. The van der Waals surface area contributed by atoms with Crippen molar-refractivity contribution in [2.24, 2.45) is 0 Å². The zero-order chi connectivity index (χ0) is 17.4. The van der Waals surface area contributed by atoms with E-state index in [1.54, 1.807) is 0 Å². The lowest BCUT2D eigenvalue weighted by molar-refractivity contribution is -0.318. The normalized spacial score (nSPS) is 51.1. The van der Waals surface area contributed by atoms with Crippen molar-refractivity contribution in [3.63, 3.8) is 0 Å². The zero-order valence-corrected chi connectivity index (χ0v) is 12.6. The summed E-state index contributed by atoms with van der Waals surface area (Å²) in [5.74, 6) is 0. The summed E-state index contributed by atoms with van der Waals surface area (Å²) in [5.41, 5.74) is -1.37. The molecule has 9 atom stereocenters. The Morgan fingerprint density at radius 3 is 2.04 bits per heavy atom. The molecule has 2 aliphatic rings. The van der Waals surface area contributed by atoms with Crippen LogP contribution in [0.25, 0.3) is 0 Å². The molecule has 2 fully saturated rings. The molecule has 10 nitrogen and oxygen atoms in total. The van der Waals surface area contributed by atoms with Gasteiger partial charge in [0.2, 0.25) is 0 Å². The molecule has 0 aromatic carbocycles. The molecule has 2 heterocycles. The summed E-state index contributed by atoms with van der Waals surface area (Å²) in [7, 11) is 0. The molecule has 0 aromatic rings. The first-order valence-electron chi connectivity index (χ1n) is 7.32. The van der Waals surface area contributed by atoms with E-state index in [-0.39, 0.29) is 0 Å². The van der Waals surface area contributed by atoms with Crippen LogP contribution in [0.4, 0.5) is 0 Å². The smallest absolute Gasteiger partial charge is 0.187 e. The van der Waals surface area contributed by atoms with E-state index < -0.39 is 74.4 Å². The maximum absolute atomic E-state index is 10.2. The van der Waals surface area contributed by atoms with E-state index in [4.69, 9.17) is 19.3 Å². The average molecular weight is 340 g/mol. The Morgan fingerprint density at radius 2 is 1.52 bits per heavy atom. The van der Waals surface area contributed by atoms with Crippen molar-refractivity contribution in [3.8, 4) is 0 Å². The summed E-state index contributed by atoms with van der Waals surface area (Å²) in [6, 6.07) is 0. The first kappa shape index (κ1) is 18.9. The third kappa shape index (κ3) is 3.37. The molecule has 2 aliphatic heterocycles. The van der Waals surface area contributed by atoms with Crippen molar-refractivity contribution in [2.75, 3.05) is 19.8 Å². The molecule has 23 heavy (non-hydrogen) atoms. The number of aliphatic hydroxyl groups is 7. The molecule has 4 unspecified atom stereocenters. The fourth-order valence-corrected chi connectivity index (χ4v) is 2.80. The second kappa shape index (κ2) is 7.23. The van der Waals surface area contributed by atoms with Crippen molar-refractivity contribution >= 4 is 0 Å². The third-order valence-corrected chi connectivity index (χ3v) is 4.36. The highest BCUT2D eigenvalue weighted by molar-refractivity contribution is 5.01. The molecule has 7 N–H and O–H groups in total. The highest BCUT2D eigenvalue weighted by Crippen LogP contribution is 2.34. The molecule has 2 rings (SSSR count). The second-order valence-corrected chi connectivity index (χ2v) is 6.05. The maximum atomic E-state index is 10.2. The van der Waals surface area contributed by atoms with Gasteiger partial charge in [0.25, 0.3) is 0 Å². The third-order valence-electron chi connectivity index (χ3n) is 4.36. The van der Waals surface area contributed by atoms with Gasteiger partial charge in [0.05, 0.1) is 19.8 Å². The monoisotopic (exact) mass is 340 g/mol. The van der Waals surface area contributed by atoms with Crippen LogP contribution < -0.4 is 0 Å². The van der Waals surface area contributed by atoms with Gasteiger partial charge in [0.1, 0.15) is 48.3 Å². The summed E-state index contributed by atoms with van der Waals surface area (Å²) in [5, 5.41) is 67.4. The lowest BCUT2D eigenvalue weighted by Gasteiger charge is -2.41. The van der Waals surface area contributed by atoms with Gasteiger partial charge in [-0.3, -0.25) is 0 Å². The van der Waals surface area contributed by atoms with E-state index in [2.05, 4.69) is 0 Å². The molecule has 0 amide bonds. The van der Waals surface area contributed by atoms with Gasteiger partial charge in [-0.1, -0.05) is 0 Å². The molecule has 0 bridgehead atoms. The van der Waals surface area contributed by atoms with E-state index in [0.717, 1.165) is 0 Å². The largest absolute Gasteiger partial charge is 0.394 e. The lowest BCUT2D eigenvalue weighted by Crippen LogP contribution is -2.60. The second-order valence-electron chi connectivity index (χ2n) is 6.05. The van der Waals surface area contributed by atoms with E-state index in [1.807, 2.05) is 0 Å². The zero-order valence-electron chi connectivity index (χ0n) is 12.6. The number of hydrogen-bond acceptors (Lipinski definition) is 10. The first-order valence-corrected chi connectivity index (χ1v) is 7.32. The van der Waals surface area contributed by atoms with E-state index in [9.17, 15) is 30.6 Å². The molecular formula is C13H24O10. The SMILES string of the molecule is CC1(CO)O[C@H](CO)C(O[C@@H]2OC(CO)[C@H](O)[C@@H](O)C2O)[C@H]1O. The van der Waals surface area contributed by atoms with Gasteiger partial charge in [0.15, 0.2) is 6.29 Å². The molecule has 10 heteroatoms. The minimum absolute atomic E-state index is 0.519. The predicted octanol–water partition coefficient (Wildman–Crippen LogP) is -4.33.